The minimum atomic E-state index is 0.548. The van der Waals surface area contributed by atoms with Gasteiger partial charge in [0.15, 0.2) is 11.9 Å². The molecule has 20 heavy (non-hydrogen) atoms. The highest BCUT2D eigenvalue weighted by Crippen LogP contribution is 2.29. The van der Waals surface area contributed by atoms with Crippen molar-refractivity contribution in [2.75, 3.05) is 0 Å². The van der Waals surface area contributed by atoms with E-state index in [0.717, 1.165) is 27.2 Å². The Hall–Kier alpha value is -2.06. The van der Waals surface area contributed by atoms with Gasteiger partial charge in [-0.25, -0.2) is 0 Å². The van der Waals surface area contributed by atoms with Gasteiger partial charge in [-0.15, -0.1) is 0 Å². The predicted octanol–water partition coefficient (Wildman–Crippen LogP) is 3.90. The van der Waals surface area contributed by atoms with Gasteiger partial charge >= 0.3 is 0 Å². The average molecular weight is 285 g/mol. The monoisotopic (exact) mass is 284 g/mol. The molecule has 0 radical (unpaired) electrons. The lowest BCUT2D eigenvalue weighted by Crippen LogP contribution is -2.28. The molecule has 0 saturated carbocycles. The van der Waals surface area contributed by atoms with E-state index in [1.54, 1.807) is 0 Å². The molecule has 0 atom stereocenters. The van der Waals surface area contributed by atoms with Crippen LogP contribution in [0.1, 0.15) is 5.56 Å². The van der Waals surface area contributed by atoms with E-state index >= 15 is 0 Å². The number of hydrogen-bond acceptors (Lipinski definition) is 1. The lowest BCUT2D eigenvalue weighted by Gasteiger charge is -2.08. The fourth-order valence-electron chi connectivity index (χ4n) is 2.28. The third-order valence-corrected chi connectivity index (χ3v) is 3.62. The number of rotatable bonds is 3. The summed E-state index contributed by atoms with van der Waals surface area (Å²) < 4.78 is 7.99. The molecule has 3 rings (SSSR count). The van der Waals surface area contributed by atoms with Gasteiger partial charge in [0.05, 0.1) is 10.4 Å². The van der Waals surface area contributed by atoms with Crippen molar-refractivity contribution in [1.29, 1.82) is 0 Å². The molecule has 0 aliphatic rings. The summed E-state index contributed by atoms with van der Waals surface area (Å²) in [6, 6.07) is 17.9. The van der Waals surface area contributed by atoms with Crippen molar-refractivity contribution in [2.24, 2.45) is 7.05 Å². The van der Waals surface area contributed by atoms with E-state index in [4.69, 9.17) is 16.3 Å². The van der Waals surface area contributed by atoms with Crippen LogP contribution in [0, 0.1) is 0 Å². The first-order chi connectivity index (χ1) is 9.75. The molecule has 0 amide bonds. The van der Waals surface area contributed by atoms with Crippen molar-refractivity contribution in [3.63, 3.8) is 0 Å². The van der Waals surface area contributed by atoms with Gasteiger partial charge in [0.1, 0.15) is 13.7 Å². The van der Waals surface area contributed by atoms with Crippen LogP contribution >= 0.6 is 11.6 Å². The molecule has 2 aromatic carbocycles. The molecule has 0 fully saturated rings. The van der Waals surface area contributed by atoms with E-state index < -0.39 is 0 Å². The Morgan fingerprint density at radius 3 is 2.60 bits per heavy atom. The number of aryl methyl sites for hydroxylation is 1. The molecular weight excluding hydrogens is 270 g/mol. The summed E-state index contributed by atoms with van der Waals surface area (Å²) in [4.78, 5) is 0. The van der Waals surface area contributed by atoms with Crippen molar-refractivity contribution in [3.8, 4) is 5.75 Å². The molecule has 100 valence electrons. The minimum absolute atomic E-state index is 0.548. The second kappa shape index (κ2) is 5.51. The van der Waals surface area contributed by atoms with E-state index in [1.165, 1.54) is 0 Å². The van der Waals surface area contributed by atoms with Gasteiger partial charge < -0.3 is 4.74 Å². The van der Waals surface area contributed by atoms with Gasteiger partial charge in [-0.05, 0) is 23.8 Å². The zero-order valence-corrected chi connectivity index (χ0v) is 12.0. The first-order valence-electron chi connectivity index (χ1n) is 6.49. The SMILES string of the molecule is C[n+]1cccc2c(Cl)ccc(OCc3ccccc3)c21. The van der Waals surface area contributed by atoms with Gasteiger partial charge in [-0.1, -0.05) is 41.9 Å². The Labute approximate surface area is 123 Å². The number of hydrogen-bond donors (Lipinski definition) is 0. The van der Waals surface area contributed by atoms with Crippen LogP contribution in [-0.4, -0.2) is 0 Å². The quantitative estimate of drug-likeness (QED) is 0.665. The molecular formula is C17H15ClNO+. The Morgan fingerprint density at radius 2 is 1.80 bits per heavy atom. The van der Waals surface area contributed by atoms with E-state index in [1.807, 2.05) is 60.3 Å². The van der Waals surface area contributed by atoms with Crippen LogP contribution in [0.2, 0.25) is 5.02 Å². The number of pyridine rings is 1. The highest BCUT2D eigenvalue weighted by Gasteiger charge is 2.14. The lowest BCUT2D eigenvalue weighted by molar-refractivity contribution is -0.645. The predicted molar refractivity (Wildman–Crippen MR) is 80.9 cm³/mol. The first kappa shape index (κ1) is 12.9. The first-order valence-corrected chi connectivity index (χ1v) is 6.87. The Morgan fingerprint density at radius 1 is 1.00 bits per heavy atom. The maximum absolute atomic E-state index is 6.25. The molecule has 0 unspecified atom stereocenters. The van der Waals surface area contributed by atoms with Crippen molar-refractivity contribution < 1.29 is 9.30 Å². The third-order valence-electron chi connectivity index (χ3n) is 3.29. The van der Waals surface area contributed by atoms with E-state index in [9.17, 15) is 0 Å². The summed E-state index contributed by atoms with van der Waals surface area (Å²) >= 11 is 6.25. The van der Waals surface area contributed by atoms with Crippen LogP contribution in [0.4, 0.5) is 0 Å². The van der Waals surface area contributed by atoms with Crippen LogP contribution in [0.3, 0.4) is 0 Å². The molecule has 3 aromatic rings. The second-order valence-electron chi connectivity index (χ2n) is 4.70. The molecule has 1 aromatic heterocycles. The summed E-state index contributed by atoms with van der Waals surface area (Å²) in [5.74, 6) is 0.844. The lowest BCUT2D eigenvalue weighted by atomic mass is 10.2. The summed E-state index contributed by atoms with van der Waals surface area (Å²) in [5.41, 5.74) is 2.16. The number of fused-ring (bicyclic) bond motifs is 1. The summed E-state index contributed by atoms with van der Waals surface area (Å²) in [6.45, 7) is 0.548. The smallest absolute Gasteiger partial charge is 0.256 e. The Balaban J connectivity index is 1.98. The number of benzene rings is 2. The van der Waals surface area contributed by atoms with Gasteiger partial charge in [0.2, 0.25) is 0 Å². The van der Waals surface area contributed by atoms with E-state index in [-0.39, 0.29) is 0 Å². The summed E-state index contributed by atoms with van der Waals surface area (Å²) in [7, 11) is 1.99. The average Bonchev–Trinajstić information content (AvgIpc) is 2.48. The zero-order chi connectivity index (χ0) is 13.9. The van der Waals surface area contributed by atoms with Crippen molar-refractivity contribution in [3.05, 3.63) is 71.4 Å². The molecule has 0 N–H and O–H groups in total. The van der Waals surface area contributed by atoms with E-state index in [0.29, 0.717) is 6.61 Å². The van der Waals surface area contributed by atoms with Crippen LogP contribution in [0.15, 0.2) is 60.8 Å². The van der Waals surface area contributed by atoms with Crippen LogP contribution in [0.25, 0.3) is 10.9 Å². The van der Waals surface area contributed by atoms with Crippen molar-refractivity contribution in [2.45, 2.75) is 6.61 Å². The maximum atomic E-state index is 6.25. The van der Waals surface area contributed by atoms with Crippen LogP contribution in [0.5, 0.6) is 5.75 Å². The maximum Gasteiger partial charge on any atom is 0.256 e. The molecule has 2 nitrogen and oxygen atoms in total. The molecule has 0 saturated heterocycles. The van der Waals surface area contributed by atoms with Gasteiger partial charge in [0, 0.05) is 6.07 Å². The second-order valence-corrected chi connectivity index (χ2v) is 5.11. The molecule has 0 aliphatic carbocycles. The van der Waals surface area contributed by atoms with Gasteiger partial charge in [-0.2, -0.15) is 4.57 Å². The third kappa shape index (κ3) is 2.47. The standard InChI is InChI=1S/C17H15ClNO/c1-19-11-5-8-14-15(18)9-10-16(17(14)19)20-12-13-6-3-2-4-7-13/h2-11H,12H2,1H3/q+1. The minimum Gasteiger partial charge on any atom is -0.482 e. The summed E-state index contributed by atoms with van der Waals surface area (Å²) in [5, 5.41) is 1.74. The van der Waals surface area contributed by atoms with Gasteiger partial charge in [-0.3, -0.25) is 0 Å². The molecule has 0 aliphatic heterocycles. The number of aromatic nitrogens is 1. The highest BCUT2D eigenvalue weighted by molar-refractivity contribution is 6.35. The molecule has 0 bridgehead atoms. The molecule has 1 heterocycles. The zero-order valence-electron chi connectivity index (χ0n) is 11.2. The molecule has 0 spiro atoms. The van der Waals surface area contributed by atoms with Crippen LogP contribution < -0.4 is 9.30 Å². The van der Waals surface area contributed by atoms with E-state index in [2.05, 4.69) is 12.1 Å². The number of nitrogens with zero attached hydrogens (tertiary/aromatic N) is 1. The fraction of sp³-hybridized carbons (Fsp3) is 0.118. The fourth-order valence-corrected chi connectivity index (χ4v) is 2.50. The van der Waals surface area contributed by atoms with Crippen LogP contribution in [-0.2, 0) is 13.7 Å². The topological polar surface area (TPSA) is 13.1 Å². The number of halogens is 1. The molecule has 3 heteroatoms. The van der Waals surface area contributed by atoms with Crippen molar-refractivity contribution in [1.82, 2.24) is 0 Å². The Bertz CT molecular complexity index is 741. The van der Waals surface area contributed by atoms with Crippen molar-refractivity contribution >= 4 is 22.5 Å². The summed E-state index contributed by atoms with van der Waals surface area (Å²) in [6.07, 6.45) is 1.99. The van der Waals surface area contributed by atoms with Gasteiger partial charge in [0.25, 0.3) is 5.52 Å². The highest BCUT2D eigenvalue weighted by atomic mass is 35.5. The number of ether oxygens (including phenoxy) is 1. The largest absolute Gasteiger partial charge is 0.482 e. The normalized spacial score (nSPS) is 10.7. The Kier molecular flexibility index (Phi) is 3.57.